The van der Waals surface area contributed by atoms with E-state index in [1.807, 2.05) is 0 Å². The van der Waals surface area contributed by atoms with E-state index in [4.69, 9.17) is 11.6 Å². The first-order chi connectivity index (χ1) is 7.12. The molecule has 1 nitrogen and oxygen atoms in total. The standard InChI is InChI=1S/C12H14ClFO/c1-2-7-12(15,8-9-13)10-3-5-11(14)6-4-10/h2-6,15H,1,7-9H2/t12-/m1/s1. The van der Waals surface area contributed by atoms with Crippen molar-refractivity contribution in [2.75, 3.05) is 5.88 Å². The van der Waals surface area contributed by atoms with Crippen molar-refractivity contribution in [2.24, 2.45) is 0 Å². The molecule has 0 bridgehead atoms. The molecule has 0 unspecified atom stereocenters. The van der Waals surface area contributed by atoms with E-state index in [-0.39, 0.29) is 5.82 Å². The van der Waals surface area contributed by atoms with Gasteiger partial charge in [-0.3, -0.25) is 0 Å². The topological polar surface area (TPSA) is 20.2 Å². The van der Waals surface area contributed by atoms with Crippen LogP contribution in [0.1, 0.15) is 18.4 Å². The van der Waals surface area contributed by atoms with Crippen LogP contribution in [-0.2, 0) is 5.60 Å². The number of halogens is 2. The smallest absolute Gasteiger partial charge is 0.123 e. The van der Waals surface area contributed by atoms with Crippen molar-refractivity contribution in [3.05, 3.63) is 48.3 Å². The summed E-state index contributed by atoms with van der Waals surface area (Å²) in [5.74, 6) is 0.0346. The number of alkyl halides is 1. The monoisotopic (exact) mass is 228 g/mol. The van der Waals surface area contributed by atoms with E-state index in [9.17, 15) is 9.50 Å². The molecule has 1 atom stereocenters. The summed E-state index contributed by atoms with van der Waals surface area (Å²) in [6.45, 7) is 3.59. The zero-order chi connectivity index (χ0) is 11.3. The van der Waals surface area contributed by atoms with Crippen molar-refractivity contribution in [1.29, 1.82) is 0 Å². The van der Waals surface area contributed by atoms with Gasteiger partial charge in [0.1, 0.15) is 5.82 Å². The highest BCUT2D eigenvalue weighted by molar-refractivity contribution is 6.17. The minimum atomic E-state index is -1.03. The fraction of sp³-hybridized carbons (Fsp3) is 0.333. The van der Waals surface area contributed by atoms with Crippen LogP contribution in [0.2, 0.25) is 0 Å². The second kappa shape index (κ2) is 5.29. The third-order valence-corrected chi connectivity index (χ3v) is 2.56. The van der Waals surface area contributed by atoms with E-state index in [0.717, 1.165) is 0 Å². The van der Waals surface area contributed by atoms with Gasteiger partial charge in [0.15, 0.2) is 0 Å². The van der Waals surface area contributed by atoms with Gasteiger partial charge in [0.2, 0.25) is 0 Å². The molecular formula is C12H14ClFO. The van der Waals surface area contributed by atoms with Gasteiger partial charge < -0.3 is 5.11 Å². The molecule has 0 aliphatic rings. The van der Waals surface area contributed by atoms with Crippen molar-refractivity contribution >= 4 is 11.6 Å². The highest BCUT2D eigenvalue weighted by Crippen LogP contribution is 2.29. The Balaban J connectivity index is 2.97. The van der Waals surface area contributed by atoms with Gasteiger partial charge in [-0.1, -0.05) is 18.2 Å². The SMILES string of the molecule is C=CC[C@@](O)(CCCl)c1ccc(F)cc1. The number of hydrogen-bond donors (Lipinski definition) is 1. The molecule has 1 N–H and O–H groups in total. The molecule has 0 amide bonds. The average Bonchev–Trinajstić information content (AvgIpc) is 2.19. The quantitative estimate of drug-likeness (QED) is 0.606. The predicted molar refractivity (Wildman–Crippen MR) is 60.4 cm³/mol. The van der Waals surface area contributed by atoms with Crippen LogP contribution in [0.25, 0.3) is 0 Å². The van der Waals surface area contributed by atoms with Crippen LogP contribution in [0, 0.1) is 5.82 Å². The van der Waals surface area contributed by atoms with Crippen molar-refractivity contribution in [3.8, 4) is 0 Å². The molecule has 0 spiro atoms. The van der Waals surface area contributed by atoms with Crippen LogP contribution in [-0.4, -0.2) is 11.0 Å². The largest absolute Gasteiger partial charge is 0.385 e. The van der Waals surface area contributed by atoms with Gasteiger partial charge in [0, 0.05) is 5.88 Å². The van der Waals surface area contributed by atoms with Crippen LogP contribution in [0.4, 0.5) is 4.39 Å². The lowest BCUT2D eigenvalue weighted by molar-refractivity contribution is 0.0365. The molecule has 0 aliphatic heterocycles. The van der Waals surface area contributed by atoms with Crippen molar-refractivity contribution < 1.29 is 9.50 Å². The van der Waals surface area contributed by atoms with Crippen LogP contribution in [0.3, 0.4) is 0 Å². The van der Waals surface area contributed by atoms with Crippen LogP contribution in [0.5, 0.6) is 0 Å². The molecular weight excluding hydrogens is 215 g/mol. The molecule has 0 aromatic heterocycles. The molecule has 82 valence electrons. The molecule has 0 saturated carbocycles. The van der Waals surface area contributed by atoms with Gasteiger partial charge in [0.25, 0.3) is 0 Å². The fourth-order valence-corrected chi connectivity index (χ4v) is 1.83. The number of rotatable bonds is 5. The summed E-state index contributed by atoms with van der Waals surface area (Å²) in [6, 6.07) is 5.81. The molecule has 0 saturated heterocycles. The highest BCUT2D eigenvalue weighted by Gasteiger charge is 2.26. The molecule has 1 aromatic rings. The Bertz CT molecular complexity index is 323. The van der Waals surface area contributed by atoms with E-state index in [0.29, 0.717) is 24.3 Å². The molecule has 1 rings (SSSR count). The summed E-state index contributed by atoms with van der Waals surface area (Å²) in [5.41, 5.74) is -0.360. The first-order valence-electron chi connectivity index (χ1n) is 4.77. The molecule has 3 heteroatoms. The Kier molecular flexibility index (Phi) is 4.30. The minimum Gasteiger partial charge on any atom is -0.385 e. The van der Waals surface area contributed by atoms with Crippen LogP contribution < -0.4 is 0 Å². The molecule has 0 heterocycles. The summed E-state index contributed by atoms with van der Waals surface area (Å²) >= 11 is 5.63. The first-order valence-corrected chi connectivity index (χ1v) is 5.31. The lowest BCUT2D eigenvalue weighted by Gasteiger charge is -2.26. The average molecular weight is 229 g/mol. The molecule has 15 heavy (non-hydrogen) atoms. The Morgan fingerprint density at radius 2 is 2.00 bits per heavy atom. The van der Waals surface area contributed by atoms with E-state index >= 15 is 0 Å². The van der Waals surface area contributed by atoms with Gasteiger partial charge in [0.05, 0.1) is 5.60 Å². The number of benzene rings is 1. The number of hydrogen-bond acceptors (Lipinski definition) is 1. The maximum atomic E-state index is 12.7. The Morgan fingerprint density at radius 1 is 1.40 bits per heavy atom. The van der Waals surface area contributed by atoms with Gasteiger partial charge in [-0.15, -0.1) is 18.2 Å². The van der Waals surface area contributed by atoms with E-state index in [1.165, 1.54) is 12.1 Å². The van der Waals surface area contributed by atoms with E-state index < -0.39 is 5.60 Å². The second-order valence-corrected chi connectivity index (χ2v) is 3.85. The second-order valence-electron chi connectivity index (χ2n) is 3.47. The maximum absolute atomic E-state index is 12.7. The Labute approximate surface area is 94.2 Å². The van der Waals surface area contributed by atoms with Gasteiger partial charge in [-0.05, 0) is 30.5 Å². The predicted octanol–water partition coefficient (Wildman–Crippen LogP) is 3.22. The fourth-order valence-electron chi connectivity index (χ4n) is 1.52. The summed E-state index contributed by atoms with van der Waals surface area (Å²) in [5, 5.41) is 10.3. The third-order valence-electron chi connectivity index (χ3n) is 2.37. The van der Waals surface area contributed by atoms with Crippen LogP contribution >= 0.6 is 11.6 Å². The van der Waals surface area contributed by atoms with Gasteiger partial charge >= 0.3 is 0 Å². The van der Waals surface area contributed by atoms with E-state index in [1.54, 1.807) is 18.2 Å². The Morgan fingerprint density at radius 3 is 2.47 bits per heavy atom. The summed E-state index contributed by atoms with van der Waals surface area (Å²) < 4.78 is 12.7. The lowest BCUT2D eigenvalue weighted by Crippen LogP contribution is -2.25. The maximum Gasteiger partial charge on any atom is 0.123 e. The van der Waals surface area contributed by atoms with Crippen molar-refractivity contribution in [2.45, 2.75) is 18.4 Å². The molecule has 0 radical (unpaired) electrons. The zero-order valence-electron chi connectivity index (χ0n) is 8.42. The third kappa shape index (κ3) is 3.05. The van der Waals surface area contributed by atoms with Gasteiger partial charge in [-0.25, -0.2) is 4.39 Å². The summed E-state index contributed by atoms with van der Waals surface area (Å²) in [4.78, 5) is 0. The normalized spacial score (nSPS) is 14.6. The van der Waals surface area contributed by atoms with Crippen molar-refractivity contribution in [3.63, 3.8) is 0 Å². The summed E-state index contributed by atoms with van der Waals surface area (Å²) in [6.07, 6.45) is 2.47. The van der Waals surface area contributed by atoms with Crippen molar-refractivity contribution in [1.82, 2.24) is 0 Å². The van der Waals surface area contributed by atoms with Gasteiger partial charge in [-0.2, -0.15) is 0 Å². The molecule has 1 aromatic carbocycles. The van der Waals surface area contributed by atoms with Crippen LogP contribution in [0.15, 0.2) is 36.9 Å². The molecule has 0 aliphatic carbocycles. The highest BCUT2D eigenvalue weighted by atomic mass is 35.5. The Hall–Kier alpha value is -0.860. The zero-order valence-corrected chi connectivity index (χ0v) is 9.17. The lowest BCUT2D eigenvalue weighted by atomic mass is 9.88. The first kappa shape index (κ1) is 12.2. The molecule has 0 fully saturated rings. The summed E-state index contributed by atoms with van der Waals surface area (Å²) in [7, 11) is 0. The van der Waals surface area contributed by atoms with E-state index in [2.05, 4.69) is 6.58 Å². The number of aliphatic hydroxyl groups is 1. The minimum absolute atomic E-state index is 0.314.